The number of ether oxygens (including phenoxy) is 1. The van der Waals surface area contributed by atoms with E-state index in [1.54, 1.807) is 7.11 Å². The van der Waals surface area contributed by atoms with Gasteiger partial charge in [-0.25, -0.2) is 0 Å². The fourth-order valence-electron chi connectivity index (χ4n) is 3.64. The molecule has 0 spiro atoms. The summed E-state index contributed by atoms with van der Waals surface area (Å²) < 4.78 is 5.37. The average molecular weight is 373 g/mol. The van der Waals surface area contributed by atoms with Gasteiger partial charge in [0.2, 0.25) is 5.91 Å². The zero-order valence-electron chi connectivity index (χ0n) is 16.7. The van der Waals surface area contributed by atoms with Gasteiger partial charge in [0, 0.05) is 12.0 Å². The van der Waals surface area contributed by atoms with Crippen molar-refractivity contribution < 1.29 is 9.53 Å². The van der Waals surface area contributed by atoms with Crippen LogP contribution < -0.4 is 10.1 Å². The first-order valence-electron chi connectivity index (χ1n) is 9.61. The summed E-state index contributed by atoms with van der Waals surface area (Å²) in [5, 5.41) is 3.20. The molecular formula is C25H27NO2. The van der Waals surface area contributed by atoms with Crippen molar-refractivity contribution in [2.24, 2.45) is 0 Å². The van der Waals surface area contributed by atoms with Gasteiger partial charge in [0.15, 0.2) is 0 Å². The smallest absolute Gasteiger partial charge is 0.224 e. The molecule has 0 bridgehead atoms. The van der Waals surface area contributed by atoms with Crippen LogP contribution in [0, 0.1) is 6.92 Å². The van der Waals surface area contributed by atoms with Crippen LogP contribution in [-0.4, -0.2) is 19.1 Å². The Balaban J connectivity index is 1.76. The third-order valence-electron chi connectivity index (χ3n) is 5.04. The third-order valence-corrected chi connectivity index (χ3v) is 5.04. The lowest BCUT2D eigenvalue weighted by Gasteiger charge is -2.26. The number of rotatable bonds is 7. The van der Waals surface area contributed by atoms with E-state index < -0.39 is 0 Å². The number of carbonyl (C=O) groups is 1. The van der Waals surface area contributed by atoms with Gasteiger partial charge in [0.25, 0.3) is 0 Å². The predicted molar refractivity (Wildman–Crippen MR) is 114 cm³/mol. The van der Waals surface area contributed by atoms with Gasteiger partial charge in [-0.1, -0.05) is 72.8 Å². The molecule has 0 aliphatic carbocycles. The first kappa shape index (κ1) is 19.7. The van der Waals surface area contributed by atoms with E-state index in [-0.39, 0.29) is 17.9 Å². The van der Waals surface area contributed by atoms with Gasteiger partial charge in [0.1, 0.15) is 5.75 Å². The number of hydrogen-bond acceptors (Lipinski definition) is 2. The van der Waals surface area contributed by atoms with Crippen LogP contribution in [-0.2, 0) is 11.2 Å². The Morgan fingerprint density at radius 1 is 0.929 bits per heavy atom. The molecule has 0 heterocycles. The summed E-state index contributed by atoms with van der Waals surface area (Å²) in [4.78, 5) is 12.7. The molecule has 3 nitrogen and oxygen atoms in total. The zero-order chi connectivity index (χ0) is 19.9. The number of benzene rings is 3. The molecule has 1 unspecified atom stereocenters. The molecule has 0 saturated carbocycles. The van der Waals surface area contributed by atoms with Crippen LogP contribution in [0.25, 0.3) is 0 Å². The lowest BCUT2D eigenvalue weighted by atomic mass is 9.85. The molecule has 0 aromatic heterocycles. The molecule has 3 rings (SSSR count). The first-order valence-corrected chi connectivity index (χ1v) is 9.61. The number of hydrogen-bond donors (Lipinski definition) is 1. The summed E-state index contributed by atoms with van der Waals surface area (Å²) in [6.07, 6.45) is 0.331. The molecule has 1 N–H and O–H groups in total. The Bertz CT molecular complexity index is 867. The Morgan fingerprint density at radius 2 is 1.50 bits per heavy atom. The Hall–Kier alpha value is -3.07. The minimum atomic E-state index is -0.0374. The summed E-state index contributed by atoms with van der Waals surface area (Å²) in [7, 11) is 1.65. The quantitative estimate of drug-likeness (QED) is 0.641. The number of aryl methyl sites for hydroxylation is 1. The Labute approximate surface area is 167 Å². The van der Waals surface area contributed by atoms with Crippen LogP contribution in [0.5, 0.6) is 5.75 Å². The van der Waals surface area contributed by atoms with Crippen molar-refractivity contribution in [2.45, 2.75) is 32.2 Å². The Morgan fingerprint density at radius 3 is 2.04 bits per heavy atom. The topological polar surface area (TPSA) is 38.3 Å². The monoisotopic (exact) mass is 373 g/mol. The molecule has 1 amide bonds. The summed E-state index contributed by atoms with van der Waals surface area (Å²) >= 11 is 0. The SMILES string of the molecule is COc1cc(CC(=O)NC(C)C(c2ccccc2)c2ccccc2)ccc1C. The van der Waals surface area contributed by atoms with E-state index in [0.717, 1.165) is 16.9 Å². The second-order valence-electron chi connectivity index (χ2n) is 7.14. The maximum Gasteiger partial charge on any atom is 0.224 e. The lowest BCUT2D eigenvalue weighted by molar-refractivity contribution is -0.121. The summed E-state index contributed by atoms with van der Waals surface area (Å²) in [5.74, 6) is 0.916. The lowest BCUT2D eigenvalue weighted by Crippen LogP contribution is -2.38. The molecular weight excluding hydrogens is 346 g/mol. The summed E-state index contributed by atoms with van der Waals surface area (Å²) in [5.41, 5.74) is 4.40. The maximum absolute atomic E-state index is 12.7. The van der Waals surface area contributed by atoms with Crippen LogP contribution >= 0.6 is 0 Å². The van der Waals surface area contributed by atoms with Crippen molar-refractivity contribution >= 4 is 5.91 Å². The van der Waals surface area contributed by atoms with Gasteiger partial charge < -0.3 is 10.1 Å². The molecule has 1 atom stereocenters. The molecule has 28 heavy (non-hydrogen) atoms. The minimum absolute atomic E-state index is 0.00951. The van der Waals surface area contributed by atoms with Crippen LogP contribution in [0.15, 0.2) is 78.9 Å². The van der Waals surface area contributed by atoms with Crippen molar-refractivity contribution in [1.29, 1.82) is 0 Å². The fraction of sp³-hybridized carbons (Fsp3) is 0.240. The van der Waals surface area contributed by atoms with Crippen molar-refractivity contribution in [3.8, 4) is 5.75 Å². The average Bonchev–Trinajstić information content (AvgIpc) is 2.71. The number of carbonyl (C=O) groups excluding carboxylic acids is 1. The fourth-order valence-corrected chi connectivity index (χ4v) is 3.64. The molecule has 144 valence electrons. The zero-order valence-corrected chi connectivity index (χ0v) is 16.7. The summed E-state index contributed by atoms with van der Waals surface area (Å²) in [6, 6.07) is 26.5. The van der Waals surface area contributed by atoms with Crippen molar-refractivity contribution in [1.82, 2.24) is 5.32 Å². The number of methoxy groups -OCH3 is 1. The highest BCUT2D eigenvalue weighted by molar-refractivity contribution is 5.79. The van der Waals surface area contributed by atoms with Gasteiger partial charge in [0.05, 0.1) is 13.5 Å². The van der Waals surface area contributed by atoms with E-state index in [0.29, 0.717) is 6.42 Å². The van der Waals surface area contributed by atoms with E-state index in [9.17, 15) is 4.79 Å². The molecule has 3 heteroatoms. The highest BCUT2D eigenvalue weighted by Crippen LogP contribution is 2.28. The van der Waals surface area contributed by atoms with Gasteiger partial charge in [-0.2, -0.15) is 0 Å². The van der Waals surface area contributed by atoms with Gasteiger partial charge in [-0.05, 0) is 42.2 Å². The van der Waals surface area contributed by atoms with Gasteiger partial charge in [-0.3, -0.25) is 4.79 Å². The van der Waals surface area contributed by atoms with Crippen LogP contribution in [0.4, 0.5) is 0 Å². The van der Waals surface area contributed by atoms with Crippen LogP contribution in [0.2, 0.25) is 0 Å². The van der Waals surface area contributed by atoms with Crippen molar-refractivity contribution in [3.05, 3.63) is 101 Å². The number of nitrogens with one attached hydrogen (secondary N) is 1. The van der Waals surface area contributed by atoms with E-state index in [4.69, 9.17) is 4.74 Å². The number of amides is 1. The van der Waals surface area contributed by atoms with Gasteiger partial charge >= 0.3 is 0 Å². The predicted octanol–water partition coefficient (Wildman–Crippen LogP) is 4.88. The summed E-state index contributed by atoms with van der Waals surface area (Å²) in [6.45, 7) is 4.06. The third kappa shape index (κ3) is 4.80. The van der Waals surface area contributed by atoms with Crippen LogP contribution in [0.1, 0.15) is 35.1 Å². The molecule has 0 aliphatic rings. The second kappa shape index (κ2) is 9.23. The minimum Gasteiger partial charge on any atom is -0.496 e. The first-order chi connectivity index (χ1) is 13.6. The second-order valence-corrected chi connectivity index (χ2v) is 7.14. The molecule has 0 aliphatic heterocycles. The largest absolute Gasteiger partial charge is 0.496 e. The van der Waals surface area contributed by atoms with E-state index in [1.165, 1.54) is 11.1 Å². The molecule has 0 fully saturated rings. The molecule has 0 radical (unpaired) electrons. The van der Waals surface area contributed by atoms with Gasteiger partial charge in [-0.15, -0.1) is 0 Å². The Kier molecular flexibility index (Phi) is 6.49. The van der Waals surface area contributed by atoms with Crippen molar-refractivity contribution in [2.75, 3.05) is 7.11 Å². The van der Waals surface area contributed by atoms with E-state index >= 15 is 0 Å². The maximum atomic E-state index is 12.7. The molecule has 3 aromatic rings. The van der Waals surface area contributed by atoms with E-state index in [2.05, 4.69) is 36.5 Å². The highest BCUT2D eigenvalue weighted by atomic mass is 16.5. The highest BCUT2D eigenvalue weighted by Gasteiger charge is 2.22. The molecule has 3 aromatic carbocycles. The molecule has 0 saturated heterocycles. The van der Waals surface area contributed by atoms with Crippen molar-refractivity contribution in [3.63, 3.8) is 0 Å². The van der Waals surface area contributed by atoms with E-state index in [1.807, 2.05) is 61.5 Å². The normalized spacial score (nSPS) is 11.9. The standard InChI is InChI=1S/C25H27NO2/c1-18-14-15-20(16-23(18)28-3)17-24(27)26-19(2)25(21-10-6-4-7-11-21)22-12-8-5-9-13-22/h4-16,19,25H,17H2,1-3H3,(H,26,27). The van der Waals surface area contributed by atoms with Crippen LogP contribution in [0.3, 0.4) is 0 Å².